The Balaban J connectivity index is 0.636. The monoisotopic (exact) mass is 1220 g/mol. The van der Waals surface area contributed by atoms with Crippen LogP contribution in [0.5, 0.6) is 0 Å². The van der Waals surface area contributed by atoms with E-state index in [4.69, 9.17) is 85.3 Å². The van der Waals surface area contributed by atoms with E-state index in [1.807, 2.05) is 20.8 Å². The molecule has 0 radical (unpaired) electrons. The summed E-state index contributed by atoms with van der Waals surface area (Å²) in [5.74, 6) is 0.591. The molecular formula is C61H100O24. The lowest BCUT2D eigenvalue weighted by molar-refractivity contribution is -0.364. The number of aliphatic hydroxyl groups excluding tert-OH is 5. The minimum absolute atomic E-state index is 0.0148. The second-order valence-corrected chi connectivity index (χ2v) is 27.1. The van der Waals surface area contributed by atoms with Crippen LogP contribution in [0.2, 0.25) is 0 Å². The number of aliphatic hydroxyl groups is 5. The van der Waals surface area contributed by atoms with Gasteiger partial charge in [0.1, 0.15) is 60.7 Å². The molecule has 3 saturated carbocycles. The van der Waals surface area contributed by atoms with Crippen molar-refractivity contribution >= 4 is 5.78 Å². The summed E-state index contributed by atoms with van der Waals surface area (Å²) in [6, 6.07) is 0. The summed E-state index contributed by atoms with van der Waals surface area (Å²) in [5, 5.41) is 52.6. The zero-order valence-corrected chi connectivity index (χ0v) is 51.8. The molecule has 11 aliphatic rings. The van der Waals surface area contributed by atoms with Gasteiger partial charge in [0.2, 0.25) is 0 Å². The number of ether oxygens (including phenoxy) is 18. The van der Waals surface area contributed by atoms with E-state index in [0.29, 0.717) is 43.8 Å². The Morgan fingerprint density at radius 3 is 1.62 bits per heavy atom. The van der Waals surface area contributed by atoms with Crippen LogP contribution in [-0.4, -0.2) is 244 Å². The average Bonchev–Trinajstić information content (AvgIpc) is 1.57. The van der Waals surface area contributed by atoms with Gasteiger partial charge in [0.25, 0.3) is 0 Å². The van der Waals surface area contributed by atoms with Gasteiger partial charge in [0.15, 0.2) is 43.5 Å². The number of hydrogen-bond acceptors (Lipinski definition) is 24. The van der Waals surface area contributed by atoms with Crippen LogP contribution in [0, 0.1) is 28.6 Å². The van der Waals surface area contributed by atoms with Gasteiger partial charge in [-0.2, -0.15) is 0 Å². The number of methoxy groups -OCH3 is 4. The van der Waals surface area contributed by atoms with E-state index in [9.17, 15) is 30.3 Å². The summed E-state index contributed by atoms with van der Waals surface area (Å²) in [5.41, 5.74) is -0.469. The van der Waals surface area contributed by atoms with E-state index in [0.717, 1.165) is 44.9 Å². The van der Waals surface area contributed by atoms with E-state index >= 15 is 0 Å². The van der Waals surface area contributed by atoms with Gasteiger partial charge in [0.05, 0.1) is 91.4 Å². The maximum Gasteiger partial charge on any atom is 0.187 e. The first kappa shape index (κ1) is 65.2. The molecule has 5 N–H and O–H groups in total. The molecular weight excluding hydrogens is 1120 g/mol. The van der Waals surface area contributed by atoms with Crippen molar-refractivity contribution in [3.05, 3.63) is 0 Å². The van der Waals surface area contributed by atoms with Gasteiger partial charge in [-0.05, 0) is 98.3 Å². The van der Waals surface area contributed by atoms with Gasteiger partial charge in [-0.25, -0.2) is 0 Å². The van der Waals surface area contributed by atoms with Crippen LogP contribution in [-0.2, 0) is 90.1 Å². The van der Waals surface area contributed by atoms with Crippen LogP contribution in [0.4, 0.5) is 0 Å². The van der Waals surface area contributed by atoms with Crippen LogP contribution < -0.4 is 0 Å². The van der Waals surface area contributed by atoms with Crippen molar-refractivity contribution < 1.29 is 116 Å². The fraction of sp³-hybridized carbons (Fsp3) is 0.984. The lowest BCUT2D eigenvalue weighted by Crippen LogP contribution is -2.62. The highest BCUT2D eigenvalue weighted by atomic mass is 16.8. The van der Waals surface area contributed by atoms with E-state index in [1.165, 1.54) is 7.11 Å². The third-order valence-corrected chi connectivity index (χ3v) is 22.1. The van der Waals surface area contributed by atoms with E-state index < -0.39 is 159 Å². The van der Waals surface area contributed by atoms with E-state index in [2.05, 4.69) is 20.8 Å². The van der Waals surface area contributed by atoms with Crippen molar-refractivity contribution in [1.29, 1.82) is 0 Å². The lowest BCUT2D eigenvalue weighted by Gasteiger charge is -2.57. The topological polar surface area (TPSA) is 284 Å². The maximum atomic E-state index is 13.5. The first-order valence-electron chi connectivity index (χ1n) is 31.7. The molecule has 8 saturated heterocycles. The maximum absolute atomic E-state index is 13.5. The molecule has 8 aliphatic heterocycles. The molecule has 8 heterocycles. The fourth-order valence-corrected chi connectivity index (χ4v) is 17.3. The summed E-state index contributed by atoms with van der Waals surface area (Å²) in [6.07, 6.45) is -11.4. The normalized spacial score (nSPS) is 54.7. The number of fused-ring (bicyclic) bond motifs is 5. The highest BCUT2D eigenvalue weighted by molar-refractivity contribution is 5.88. The molecule has 24 nitrogen and oxygen atoms in total. The zero-order valence-electron chi connectivity index (χ0n) is 51.8. The second kappa shape index (κ2) is 26.4. The van der Waals surface area contributed by atoms with E-state index in [1.54, 1.807) is 35.2 Å². The molecule has 1 spiro atoms. The largest absolute Gasteiger partial charge is 0.394 e. The molecule has 2 bridgehead atoms. The molecule has 24 heteroatoms. The number of carbonyl (C=O) groups excluding carboxylic acids is 1. The average molecular weight is 1220 g/mol. The predicted molar refractivity (Wildman–Crippen MR) is 294 cm³/mol. The number of Topliss-reactive ketones (excluding diaryl/α,β-unsaturated/α-hetero) is 1. The standard InChI is InChI=1S/C61H100O24/c1-27-19-40(78-57-51(67)50(66)49(65)41(26-62)79-57)56(71-12)58(72-27)83-52-29(3)73-45(21-36(52)63)80-53-31(5)75-47(23-38(53)69-10)82-55-32(6)76-48(24-39(55)70-11)81-54-30(4)74-46(22-37(54)68-9)77-34-16-17-59(7)33(20-34)15-18-61-42(59)25-44(85-61)60(8)35(28(2)84-61)13-14-43(60)64/h27-42,44-58,62-63,65-67H,13-26H2,1-12H3/t27-,28+,29-,30-,31-,32-,33+,34+,35+,36+,37+,38-,39-,40-,41-,42-,44-,45+,46+,47+,48+,49-,50+,51-,52-,53-,54-,55-,56+,57-,58+,59+,60-,61+/m1/s1. The second-order valence-electron chi connectivity index (χ2n) is 27.1. The van der Waals surface area contributed by atoms with Gasteiger partial charge in [-0.1, -0.05) is 6.92 Å². The minimum atomic E-state index is -1.62. The highest BCUT2D eigenvalue weighted by Crippen LogP contribution is 2.67. The third kappa shape index (κ3) is 12.5. The third-order valence-electron chi connectivity index (χ3n) is 22.1. The number of ketones is 1. The molecule has 0 aromatic carbocycles. The molecule has 0 aromatic heterocycles. The molecule has 34 atom stereocenters. The van der Waals surface area contributed by atoms with Crippen molar-refractivity contribution in [3.8, 4) is 0 Å². The minimum Gasteiger partial charge on any atom is -0.394 e. The molecule has 0 aromatic rings. The SMILES string of the molecule is CO[C@@H]1[C@H](O[C@H]2[C@@H](O)C[C@H](O[C@@H]3[C@@H](C)O[C@@H](O[C@@H]4[C@@H](C)O[C@@H](O[C@H]5[C@@H](OC)C[C@H](O[C@H]6CC[C@@]7(C)[C@@H](CC[C@@]89O[C@@H](C)[C@@H]%10CCC(=O)[C@]%10(C)[C@@H](C[C@@H]87)O9)C6)O[C@@H]5C)C[C@H]4OC)C[C@H]3OC)O[C@@H]2C)O[C@H](C)C[C@H]1O[C@@H]1O[C@H](CO)[C@@H](O)[C@H](O)[C@H]1O. The summed E-state index contributed by atoms with van der Waals surface area (Å²) < 4.78 is 115. The summed E-state index contributed by atoms with van der Waals surface area (Å²) in [4.78, 5) is 13.5. The predicted octanol–water partition coefficient (Wildman–Crippen LogP) is 3.30. The van der Waals surface area contributed by atoms with Gasteiger partial charge in [0, 0.05) is 85.2 Å². The van der Waals surface area contributed by atoms with Crippen LogP contribution in [0.3, 0.4) is 0 Å². The molecule has 11 rings (SSSR count). The molecule has 0 amide bonds. The Bertz CT molecular complexity index is 2210. The summed E-state index contributed by atoms with van der Waals surface area (Å²) >= 11 is 0. The number of carbonyl (C=O) groups is 1. The smallest absolute Gasteiger partial charge is 0.187 e. The number of hydrogen-bond donors (Lipinski definition) is 5. The van der Waals surface area contributed by atoms with Crippen LogP contribution in [0.25, 0.3) is 0 Å². The molecule has 85 heavy (non-hydrogen) atoms. The molecule has 488 valence electrons. The van der Waals surface area contributed by atoms with Gasteiger partial charge >= 0.3 is 0 Å². The quantitative estimate of drug-likeness (QED) is 0.131. The Hall–Kier alpha value is -1.25. The summed E-state index contributed by atoms with van der Waals surface area (Å²) in [6.45, 7) is 15.5. The van der Waals surface area contributed by atoms with Crippen molar-refractivity contribution in [2.45, 2.75) is 317 Å². The molecule has 0 unspecified atom stereocenters. The zero-order chi connectivity index (χ0) is 60.6. The first-order valence-corrected chi connectivity index (χ1v) is 31.7. The lowest BCUT2D eigenvalue weighted by atomic mass is 9.52. The Morgan fingerprint density at radius 1 is 0.506 bits per heavy atom. The van der Waals surface area contributed by atoms with Crippen LogP contribution in [0.1, 0.15) is 139 Å². The van der Waals surface area contributed by atoms with Crippen molar-refractivity contribution in [3.63, 3.8) is 0 Å². The Morgan fingerprint density at radius 2 is 1.07 bits per heavy atom. The van der Waals surface area contributed by atoms with Crippen LogP contribution >= 0.6 is 0 Å². The van der Waals surface area contributed by atoms with Gasteiger partial charge < -0.3 is 111 Å². The Kier molecular flexibility index (Phi) is 20.3. The Labute approximate surface area is 500 Å². The fourth-order valence-electron chi connectivity index (χ4n) is 17.3. The van der Waals surface area contributed by atoms with Gasteiger partial charge in [-0.15, -0.1) is 0 Å². The van der Waals surface area contributed by atoms with Gasteiger partial charge in [-0.3, -0.25) is 4.79 Å². The molecule has 3 aliphatic carbocycles. The van der Waals surface area contributed by atoms with Crippen molar-refractivity contribution in [2.24, 2.45) is 28.6 Å². The number of rotatable bonds is 17. The first-order chi connectivity index (χ1) is 40.5. The van der Waals surface area contributed by atoms with Crippen molar-refractivity contribution in [1.82, 2.24) is 0 Å². The molecule has 11 fully saturated rings. The van der Waals surface area contributed by atoms with E-state index in [-0.39, 0.29) is 54.2 Å². The highest BCUT2D eigenvalue weighted by Gasteiger charge is 2.70. The van der Waals surface area contributed by atoms with Crippen LogP contribution in [0.15, 0.2) is 0 Å². The van der Waals surface area contributed by atoms with Crippen molar-refractivity contribution in [2.75, 3.05) is 35.0 Å². The summed E-state index contributed by atoms with van der Waals surface area (Å²) in [7, 11) is 6.39.